The summed E-state index contributed by atoms with van der Waals surface area (Å²) in [6.45, 7) is 3.38. The lowest BCUT2D eigenvalue weighted by atomic mass is 9.43. The van der Waals surface area contributed by atoms with Crippen LogP contribution in [-0.2, 0) is 11.8 Å². The Labute approximate surface area is 201 Å². The second kappa shape index (κ2) is 6.66. The molecule has 176 valence electrons. The minimum absolute atomic E-state index is 0.114. The van der Waals surface area contributed by atoms with Gasteiger partial charge in [-0.3, -0.25) is 9.69 Å². The average Bonchev–Trinajstić information content (AvgIpc) is 3.55. The first-order valence-electron chi connectivity index (χ1n) is 13.5. The van der Waals surface area contributed by atoms with Crippen molar-refractivity contribution in [2.24, 2.45) is 23.2 Å². The lowest BCUT2D eigenvalue weighted by Crippen LogP contribution is -2.69. The molecule has 3 saturated carbocycles. The molecule has 4 aliphatic carbocycles. The highest BCUT2D eigenvalue weighted by Crippen LogP contribution is 2.75. The number of hydrogen-bond donors (Lipinski definition) is 1. The molecule has 2 aromatic rings. The van der Waals surface area contributed by atoms with Gasteiger partial charge >= 0.3 is 0 Å². The first kappa shape index (κ1) is 19.9. The number of phenolic OH excluding ortho intramolecular Hbond substituents is 1. The van der Waals surface area contributed by atoms with E-state index in [0.29, 0.717) is 35.1 Å². The molecule has 0 aromatic heterocycles. The Hall–Kier alpha value is -2.33. The molecule has 1 N–H and O–H groups in total. The standard InChI is InChI=1S/C30H34N2O2/c33-23-9-8-21-14-26-29-11-10-25-27(22(16-29)18-32(25)28(34)20-4-2-1-3-5-20)30(29,24(21)15-23)12-13-31(26)17-19-6-7-19/h1-5,8-9,15,19,22,25-27,33H,6-7,10-14,16-18H2/t22-,25-,26-,27-,29-,30+/m1/s1. The van der Waals surface area contributed by atoms with Crippen molar-refractivity contribution >= 4 is 5.91 Å². The van der Waals surface area contributed by atoms with Crippen LogP contribution in [0.2, 0.25) is 0 Å². The Morgan fingerprint density at radius 1 is 1.06 bits per heavy atom. The van der Waals surface area contributed by atoms with Crippen LogP contribution in [0.4, 0.5) is 0 Å². The number of amides is 1. The van der Waals surface area contributed by atoms with Crippen molar-refractivity contribution in [1.82, 2.24) is 9.80 Å². The molecular formula is C30H34N2O2. The topological polar surface area (TPSA) is 43.8 Å². The van der Waals surface area contributed by atoms with Crippen LogP contribution in [0.15, 0.2) is 48.5 Å². The third-order valence-electron chi connectivity index (χ3n) is 11.1. The van der Waals surface area contributed by atoms with Gasteiger partial charge in [0.2, 0.25) is 0 Å². The number of benzene rings is 2. The summed E-state index contributed by atoms with van der Waals surface area (Å²) >= 11 is 0. The second-order valence-corrected chi connectivity index (χ2v) is 12.3. The van der Waals surface area contributed by atoms with Crippen LogP contribution in [0, 0.1) is 23.2 Å². The van der Waals surface area contributed by atoms with Gasteiger partial charge in [-0.1, -0.05) is 24.3 Å². The van der Waals surface area contributed by atoms with Gasteiger partial charge in [0.15, 0.2) is 0 Å². The smallest absolute Gasteiger partial charge is 0.254 e. The highest BCUT2D eigenvalue weighted by Gasteiger charge is 2.76. The highest BCUT2D eigenvalue weighted by molar-refractivity contribution is 5.94. The van der Waals surface area contributed by atoms with Gasteiger partial charge in [-0.05, 0) is 110 Å². The first-order chi connectivity index (χ1) is 16.6. The van der Waals surface area contributed by atoms with Crippen LogP contribution in [0.25, 0.3) is 0 Å². The van der Waals surface area contributed by atoms with E-state index < -0.39 is 0 Å². The molecule has 2 aliphatic heterocycles. The molecule has 4 nitrogen and oxygen atoms in total. The van der Waals surface area contributed by atoms with Gasteiger partial charge in [0.25, 0.3) is 5.91 Å². The number of fused-ring (bicyclic) bond motifs is 1. The summed E-state index contributed by atoms with van der Waals surface area (Å²) in [7, 11) is 0. The molecule has 6 atom stereocenters. The molecule has 2 heterocycles. The predicted molar refractivity (Wildman–Crippen MR) is 131 cm³/mol. The number of piperidine rings is 1. The Morgan fingerprint density at radius 2 is 1.91 bits per heavy atom. The maximum absolute atomic E-state index is 13.7. The summed E-state index contributed by atoms with van der Waals surface area (Å²) in [5.74, 6) is 2.66. The molecule has 5 fully saturated rings. The van der Waals surface area contributed by atoms with Gasteiger partial charge in [0.05, 0.1) is 0 Å². The van der Waals surface area contributed by atoms with E-state index in [1.807, 2.05) is 36.4 Å². The lowest BCUT2D eigenvalue weighted by molar-refractivity contribution is -0.102. The van der Waals surface area contributed by atoms with Crippen molar-refractivity contribution in [3.63, 3.8) is 0 Å². The van der Waals surface area contributed by atoms with E-state index in [0.717, 1.165) is 30.9 Å². The quantitative estimate of drug-likeness (QED) is 0.737. The maximum atomic E-state index is 13.7. The van der Waals surface area contributed by atoms with E-state index in [4.69, 9.17) is 0 Å². The van der Waals surface area contributed by atoms with Crippen LogP contribution in [0.5, 0.6) is 5.75 Å². The molecule has 2 aromatic carbocycles. The van der Waals surface area contributed by atoms with Crippen LogP contribution in [0.3, 0.4) is 0 Å². The summed E-state index contributed by atoms with van der Waals surface area (Å²) in [5, 5.41) is 10.6. The number of likely N-dealkylation sites (tertiary alicyclic amines) is 2. The Bertz CT molecular complexity index is 1180. The maximum Gasteiger partial charge on any atom is 0.254 e. The van der Waals surface area contributed by atoms with Crippen LogP contribution in [-0.4, -0.2) is 52.5 Å². The number of aromatic hydroxyl groups is 1. The highest BCUT2D eigenvalue weighted by atomic mass is 16.3. The van der Waals surface area contributed by atoms with Crippen molar-refractivity contribution in [1.29, 1.82) is 0 Å². The van der Waals surface area contributed by atoms with Gasteiger partial charge in [0, 0.05) is 36.2 Å². The Balaban J connectivity index is 1.25. The molecule has 2 saturated heterocycles. The molecule has 0 unspecified atom stereocenters. The summed E-state index contributed by atoms with van der Waals surface area (Å²) in [6, 6.07) is 17.1. The minimum atomic E-state index is 0.114. The van der Waals surface area contributed by atoms with Gasteiger partial charge in [0.1, 0.15) is 5.75 Å². The fraction of sp³-hybridized carbons (Fsp3) is 0.567. The monoisotopic (exact) mass is 454 g/mol. The molecule has 0 radical (unpaired) electrons. The molecule has 4 bridgehead atoms. The Kier molecular flexibility index (Phi) is 3.90. The minimum Gasteiger partial charge on any atom is -0.508 e. The molecule has 4 heteroatoms. The van der Waals surface area contributed by atoms with Crippen molar-refractivity contribution in [3.8, 4) is 5.75 Å². The van der Waals surface area contributed by atoms with Crippen LogP contribution in [0.1, 0.15) is 60.0 Å². The van der Waals surface area contributed by atoms with E-state index in [1.54, 1.807) is 0 Å². The SMILES string of the molecule is O=C(c1ccccc1)N1C[C@H]2C[C@@]34CC[C@@H]1[C@@H]2[C@@]31CCN(CC2CC2)[C@@H]4Cc2ccc(O)cc21. The summed E-state index contributed by atoms with van der Waals surface area (Å²) in [5.41, 5.74) is 4.17. The van der Waals surface area contributed by atoms with E-state index >= 15 is 0 Å². The number of carbonyl (C=O) groups is 1. The van der Waals surface area contributed by atoms with Crippen molar-refractivity contribution in [3.05, 3.63) is 65.2 Å². The zero-order valence-electron chi connectivity index (χ0n) is 19.8. The van der Waals surface area contributed by atoms with E-state index in [1.165, 1.54) is 56.3 Å². The van der Waals surface area contributed by atoms with Crippen molar-refractivity contribution < 1.29 is 9.90 Å². The third kappa shape index (κ3) is 2.36. The molecule has 34 heavy (non-hydrogen) atoms. The molecule has 0 spiro atoms. The van der Waals surface area contributed by atoms with Crippen LogP contribution < -0.4 is 0 Å². The second-order valence-electron chi connectivity index (χ2n) is 12.3. The molecule has 6 aliphatic rings. The summed E-state index contributed by atoms with van der Waals surface area (Å²) in [6.07, 6.45) is 8.78. The van der Waals surface area contributed by atoms with Gasteiger partial charge in [-0.2, -0.15) is 0 Å². The van der Waals surface area contributed by atoms with Crippen molar-refractivity contribution in [2.45, 2.75) is 62.4 Å². The summed E-state index contributed by atoms with van der Waals surface area (Å²) < 4.78 is 0. The number of rotatable bonds is 3. The predicted octanol–water partition coefficient (Wildman–Crippen LogP) is 4.61. The normalized spacial score (nSPS) is 39.6. The number of phenols is 1. The lowest BCUT2D eigenvalue weighted by Gasteiger charge is -2.66. The van der Waals surface area contributed by atoms with E-state index in [-0.39, 0.29) is 11.3 Å². The fourth-order valence-electron chi connectivity index (χ4n) is 9.92. The zero-order chi connectivity index (χ0) is 22.7. The Morgan fingerprint density at radius 3 is 2.74 bits per heavy atom. The zero-order valence-corrected chi connectivity index (χ0v) is 19.8. The van der Waals surface area contributed by atoms with Crippen LogP contribution >= 0.6 is 0 Å². The summed E-state index contributed by atoms with van der Waals surface area (Å²) in [4.78, 5) is 18.8. The third-order valence-corrected chi connectivity index (χ3v) is 11.1. The van der Waals surface area contributed by atoms with E-state index in [2.05, 4.69) is 21.9 Å². The number of hydrogen-bond acceptors (Lipinski definition) is 3. The average molecular weight is 455 g/mol. The molecular weight excluding hydrogens is 420 g/mol. The first-order valence-corrected chi connectivity index (χ1v) is 13.5. The molecule has 8 rings (SSSR count). The largest absolute Gasteiger partial charge is 0.508 e. The number of nitrogens with zero attached hydrogens (tertiary/aromatic N) is 2. The van der Waals surface area contributed by atoms with Gasteiger partial charge in [-0.15, -0.1) is 0 Å². The number of carbonyl (C=O) groups excluding carboxylic acids is 1. The van der Waals surface area contributed by atoms with Gasteiger partial charge in [-0.25, -0.2) is 0 Å². The van der Waals surface area contributed by atoms with Gasteiger partial charge < -0.3 is 10.0 Å². The molecule has 1 amide bonds. The fourth-order valence-corrected chi connectivity index (χ4v) is 9.92. The van der Waals surface area contributed by atoms with E-state index in [9.17, 15) is 9.90 Å². The van der Waals surface area contributed by atoms with Crippen molar-refractivity contribution in [2.75, 3.05) is 19.6 Å².